The molecule has 3 amide bonds. The van der Waals surface area contributed by atoms with Crippen LogP contribution < -0.4 is 15.4 Å². The molecule has 0 bridgehead atoms. The fourth-order valence-electron chi connectivity index (χ4n) is 2.66. The molecule has 7 heteroatoms. The molecule has 0 saturated carbocycles. The van der Waals surface area contributed by atoms with Gasteiger partial charge in [0.25, 0.3) is 5.91 Å². The highest BCUT2D eigenvalue weighted by molar-refractivity contribution is 6.06. The summed E-state index contributed by atoms with van der Waals surface area (Å²) in [6.07, 6.45) is 0.977. The van der Waals surface area contributed by atoms with Crippen molar-refractivity contribution in [3.63, 3.8) is 0 Å². The number of carbonyl (C=O) groups is 3. The van der Waals surface area contributed by atoms with Gasteiger partial charge in [0, 0.05) is 0 Å². The van der Waals surface area contributed by atoms with Crippen molar-refractivity contribution in [2.75, 3.05) is 0 Å². The lowest BCUT2D eigenvalue weighted by Crippen LogP contribution is -2.43. The van der Waals surface area contributed by atoms with Crippen molar-refractivity contribution in [1.82, 2.24) is 10.6 Å². The first-order valence-corrected chi connectivity index (χ1v) is 8.07. The second kappa shape index (κ2) is 6.95. The number of esters is 1. The number of rotatable bonds is 5. The third-order valence-corrected chi connectivity index (χ3v) is 4.26. The van der Waals surface area contributed by atoms with Crippen LogP contribution in [-0.2, 0) is 11.2 Å². The van der Waals surface area contributed by atoms with E-state index >= 15 is 0 Å². The fourth-order valence-corrected chi connectivity index (χ4v) is 2.66. The highest BCUT2D eigenvalue weighted by Crippen LogP contribution is 2.20. The van der Waals surface area contributed by atoms with Gasteiger partial charge in [0.1, 0.15) is 17.1 Å². The molecule has 2 aromatic rings. The Morgan fingerprint density at radius 2 is 1.81 bits per heavy atom. The van der Waals surface area contributed by atoms with Crippen LogP contribution in [0.2, 0.25) is 0 Å². The summed E-state index contributed by atoms with van der Waals surface area (Å²) in [5, 5.41) is 4.82. The average Bonchev–Trinajstić information content (AvgIpc) is 2.87. The smallest absolute Gasteiger partial charge is 0.346 e. The van der Waals surface area contributed by atoms with Gasteiger partial charge in [-0.25, -0.2) is 14.0 Å². The number of ether oxygens (including phenoxy) is 1. The van der Waals surface area contributed by atoms with Gasteiger partial charge in [-0.3, -0.25) is 10.1 Å². The fraction of sp³-hybridized carbons (Fsp3) is 0.211. The predicted molar refractivity (Wildman–Crippen MR) is 91.2 cm³/mol. The van der Waals surface area contributed by atoms with E-state index in [2.05, 4.69) is 10.6 Å². The van der Waals surface area contributed by atoms with Gasteiger partial charge in [-0.15, -0.1) is 0 Å². The average molecular weight is 356 g/mol. The van der Waals surface area contributed by atoms with Crippen LogP contribution in [-0.4, -0.2) is 23.4 Å². The van der Waals surface area contributed by atoms with Crippen LogP contribution in [0, 0.1) is 5.82 Å². The maximum Gasteiger partial charge on any atom is 0.346 e. The van der Waals surface area contributed by atoms with Crippen molar-refractivity contribution in [2.24, 2.45) is 0 Å². The Kier molecular flexibility index (Phi) is 4.71. The number of urea groups is 1. The molecule has 0 aliphatic carbocycles. The van der Waals surface area contributed by atoms with Crippen LogP contribution in [0.1, 0.15) is 29.3 Å². The molecule has 1 atom stereocenters. The van der Waals surface area contributed by atoms with E-state index in [9.17, 15) is 18.8 Å². The van der Waals surface area contributed by atoms with E-state index in [0.717, 1.165) is 5.56 Å². The first kappa shape index (κ1) is 17.6. The Labute approximate surface area is 149 Å². The van der Waals surface area contributed by atoms with Crippen molar-refractivity contribution in [2.45, 2.75) is 25.3 Å². The summed E-state index contributed by atoms with van der Waals surface area (Å²) in [6, 6.07) is 11.8. The minimum Gasteiger partial charge on any atom is -0.423 e. The summed E-state index contributed by atoms with van der Waals surface area (Å²) in [5.41, 5.74) is -0.161. The maximum atomic E-state index is 13.6. The van der Waals surface area contributed by atoms with E-state index in [4.69, 9.17) is 4.74 Å². The number of aryl methyl sites for hydroxylation is 1. The molecule has 0 spiro atoms. The lowest BCUT2D eigenvalue weighted by atomic mass is 9.93. The summed E-state index contributed by atoms with van der Waals surface area (Å²) in [4.78, 5) is 35.0. The summed E-state index contributed by atoms with van der Waals surface area (Å²) < 4.78 is 18.8. The zero-order valence-electron chi connectivity index (χ0n) is 14.0. The molecule has 1 heterocycles. The van der Waals surface area contributed by atoms with Crippen LogP contribution in [0.4, 0.5) is 9.18 Å². The first-order chi connectivity index (χ1) is 12.4. The van der Waals surface area contributed by atoms with Gasteiger partial charge in [-0.1, -0.05) is 24.3 Å². The number of halogens is 1. The molecule has 1 aliphatic rings. The van der Waals surface area contributed by atoms with Gasteiger partial charge in [0.05, 0.1) is 5.56 Å². The second-order valence-electron chi connectivity index (χ2n) is 6.25. The normalized spacial score (nSPS) is 19.0. The zero-order chi connectivity index (χ0) is 18.7. The van der Waals surface area contributed by atoms with Crippen molar-refractivity contribution < 1.29 is 23.5 Å². The monoisotopic (exact) mass is 356 g/mol. The van der Waals surface area contributed by atoms with Crippen LogP contribution in [0.3, 0.4) is 0 Å². The third kappa shape index (κ3) is 3.72. The van der Waals surface area contributed by atoms with Gasteiger partial charge in [-0.05, 0) is 49.6 Å². The Hall–Kier alpha value is -3.22. The first-order valence-electron chi connectivity index (χ1n) is 8.07. The van der Waals surface area contributed by atoms with Crippen molar-refractivity contribution in [3.05, 3.63) is 65.5 Å². The molecule has 1 saturated heterocycles. The summed E-state index contributed by atoms with van der Waals surface area (Å²) in [6.45, 7) is 1.66. The van der Waals surface area contributed by atoms with E-state index in [0.29, 0.717) is 18.6 Å². The number of hydrogen-bond donors (Lipinski definition) is 2. The highest BCUT2D eigenvalue weighted by atomic mass is 19.1. The van der Waals surface area contributed by atoms with Gasteiger partial charge < -0.3 is 10.1 Å². The SMILES string of the molecule is C[C@]1(CCc2ccc(OC(=O)c3ccccc3F)cc2)NC(=O)NC1=O. The maximum absolute atomic E-state index is 13.6. The number of carbonyl (C=O) groups excluding carboxylic acids is 3. The highest BCUT2D eigenvalue weighted by Gasteiger charge is 2.41. The second-order valence-corrected chi connectivity index (χ2v) is 6.25. The van der Waals surface area contributed by atoms with Crippen LogP contribution in [0.5, 0.6) is 5.75 Å². The Morgan fingerprint density at radius 3 is 2.42 bits per heavy atom. The van der Waals surface area contributed by atoms with Crippen LogP contribution in [0.15, 0.2) is 48.5 Å². The van der Waals surface area contributed by atoms with Gasteiger partial charge in [0.2, 0.25) is 0 Å². The lowest BCUT2D eigenvalue weighted by Gasteiger charge is -2.20. The minimum atomic E-state index is -0.937. The van der Waals surface area contributed by atoms with E-state index in [1.165, 1.54) is 18.2 Å². The van der Waals surface area contributed by atoms with Gasteiger partial charge in [0.15, 0.2) is 0 Å². The molecular weight excluding hydrogens is 339 g/mol. The van der Waals surface area contributed by atoms with E-state index < -0.39 is 23.4 Å². The molecule has 1 fully saturated rings. The number of imide groups is 1. The largest absolute Gasteiger partial charge is 0.423 e. The predicted octanol–water partition coefficient (Wildman–Crippen LogP) is 2.58. The van der Waals surface area contributed by atoms with Crippen molar-refractivity contribution in [1.29, 1.82) is 0 Å². The standard InChI is InChI=1S/C19H17FN2O4/c1-19(17(24)21-18(25)22-19)11-10-12-6-8-13(9-7-12)26-16(23)14-4-2-3-5-15(14)20/h2-9H,10-11H2,1H3,(H2,21,22,24,25)/t19-/m1/s1. The van der Waals surface area contributed by atoms with Crippen LogP contribution in [0.25, 0.3) is 0 Å². The van der Waals surface area contributed by atoms with E-state index in [1.807, 2.05) is 0 Å². The van der Waals surface area contributed by atoms with Crippen molar-refractivity contribution >= 4 is 17.9 Å². The lowest BCUT2D eigenvalue weighted by molar-refractivity contribution is -0.123. The number of benzene rings is 2. The molecule has 134 valence electrons. The Bertz CT molecular complexity index is 866. The molecule has 3 rings (SSSR count). The molecule has 0 radical (unpaired) electrons. The number of amides is 3. The Morgan fingerprint density at radius 1 is 1.12 bits per heavy atom. The number of hydrogen-bond acceptors (Lipinski definition) is 4. The third-order valence-electron chi connectivity index (χ3n) is 4.26. The molecule has 26 heavy (non-hydrogen) atoms. The minimum absolute atomic E-state index is 0.132. The Balaban J connectivity index is 1.60. The quantitative estimate of drug-likeness (QED) is 0.490. The number of nitrogens with one attached hydrogen (secondary N) is 2. The molecule has 0 aromatic heterocycles. The molecule has 2 N–H and O–H groups in total. The topological polar surface area (TPSA) is 84.5 Å². The molecule has 2 aromatic carbocycles. The van der Waals surface area contributed by atoms with Gasteiger partial charge >= 0.3 is 12.0 Å². The molecule has 1 aliphatic heterocycles. The van der Waals surface area contributed by atoms with E-state index in [1.54, 1.807) is 37.3 Å². The molecule has 0 unspecified atom stereocenters. The summed E-state index contributed by atoms with van der Waals surface area (Å²) >= 11 is 0. The summed E-state index contributed by atoms with van der Waals surface area (Å²) in [5.74, 6) is -1.47. The van der Waals surface area contributed by atoms with Crippen molar-refractivity contribution in [3.8, 4) is 5.75 Å². The zero-order valence-corrected chi connectivity index (χ0v) is 14.0. The van der Waals surface area contributed by atoms with Gasteiger partial charge in [-0.2, -0.15) is 0 Å². The molecular formula is C19H17FN2O4. The van der Waals surface area contributed by atoms with Crippen LogP contribution >= 0.6 is 0 Å². The molecule has 6 nitrogen and oxygen atoms in total. The summed E-state index contributed by atoms with van der Waals surface area (Å²) in [7, 11) is 0. The van der Waals surface area contributed by atoms with E-state index in [-0.39, 0.29) is 11.5 Å².